The monoisotopic (exact) mass is 218 g/mol. The minimum Gasteiger partial charge on any atom is -0.478 e. The lowest BCUT2D eigenvalue weighted by atomic mass is 10.1. The molecule has 0 atom stereocenters. The number of carboxylic acid groups (broad SMARTS) is 1. The van der Waals surface area contributed by atoms with E-state index in [0.29, 0.717) is 0 Å². The molecule has 0 aromatic rings. The maximum absolute atomic E-state index is 10.5. The van der Waals surface area contributed by atoms with E-state index in [-0.39, 0.29) is 31.6 Å². The normalized spacial score (nSPS) is 11.4. The Morgan fingerprint density at radius 1 is 1.33 bits per heavy atom. The molecule has 0 fully saturated rings. The summed E-state index contributed by atoms with van der Waals surface area (Å²) in [5.74, 6) is -2.78. The molecule has 0 saturated carbocycles. The predicted octanol–water partition coefficient (Wildman–Crippen LogP) is 1.13. The van der Waals surface area contributed by atoms with E-state index in [2.05, 4.69) is 6.58 Å². The Bertz CT molecular complexity index is 218. The molecule has 5 nitrogen and oxygen atoms in total. The number of aliphatic carboxylic acids is 1. The van der Waals surface area contributed by atoms with E-state index in [9.17, 15) is 9.90 Å². The van der Waals surface area contributed by atoms with Crippen LogP contribution in [0.3, 0.4) is 0 Å². The van der Waals surface area contributed by atoms with Crippen molar-refractivity contribution in [1.29, 1.82) is 0 Å². The number of ether oxygens (including phenoxy) is 2. The minimum atomic E-state index is -1.71. The van der Waals surface area contributed by atoms with Crippen molar-refractivity contribution in [3.8, 4) is 0 Å². The van der Waals surface area contributed by atoms with Crippen LogP contribution in [0.1, 0.15) is 26.7 Å². The van der Waals surface area contributed by atoms with Crippen molar-refractivity contribution in [3.05, 3.63) is 12.2 Å². The number of carbonyl (C=O) groups is 1. The van der Waals surface area contributed by atoms with Crippen molar-refractivity contribution in [2.75, 3.05) is 13.2 Å². The first-order valence-corrected chi connectivity index (χ1v) is 4.86. The summed E-state index contributed by atoms with van der Waals surface area (Å²) in [5.41, 5.74) is 0.0211. The van der Waals surface area contributed by atoms with Gasteiger partial charge in [0.25, 0.3) is 5.97 Å². The molecule has 0 aliphatic carbocycles. The molecule has 15 heavy (non-hydrogen) atoms. The van der Waals surface area contributed by atoms with Gasteiger partial charge in [-0.05, 0) is 20.3 Å². The fourth-order valence-corrected chi connectivity index (χ4v) is 1.05. The summed E-state index contributed by atoms with van der Waals surface area (Å²) in [6, 6.07) is 0. The molecule has 88 valence electrons. The molecule has 2 N–H and O–H groups in total. The molecule has 0 radical (unpaired) electrons. The Balaban J connectivity index is 4.17. The molecule has 0 amide bonds. The number of aliphatic hydroxyl groups is 1. The van der Waals surface area contributed by atoms with Crippen LogP contribution in [0, 0.1) is 0 Å². The molecular weight excluding hydrogens is 200 g/mol. The third kappa shape index (κ3) is 5.51. The van der Waals surface area contributed by atoms with Crippen molar-refractivity contribution < 1.29 is 24.5 Å². The zero-order chi connectivity index (χ0) is 11.9. The number of hydrogen-bond acceptors (Lipinski definition) is 4. The van der Waals surface area contributed by atoms with Gasteiger partial charge < -0.3 is 19.7 Å². The largest absolute Gasteiger partial charge is 0.478 e. The lowest BCUT2D eigenvalue weighted by Gasteiger charge is -2.26. The Kier molecular flexibility index (Phi) is 6.15. The van der Waals surface area contributed by atoms with Gasteiger partial charge >= 0.3 is 5.97 Å². The zero-order valence-electron chi connectivity index (χ0n) is 9.15. The highest BCUT2D eigenvalue weighted by Gasteiger charge is 2.28. The molecule has 0 aromatic heterocycles. The fourth-order valence-electron chi connectivity index (χ4n) is 1.05. The number of rotatable bonds is 8. The smallest absolute Gasteiger partial charge is 0.330 e. The topological polar surface area (TPSA) is 76.0 Å². The van der Waals surface area contributed by atoms with Crippen LogP contribution < -0.4 is 0 Å². The molecular formula is C10H18O5. The van der Waals surface area contributed by atoms with Crippen LogP contribution in [0.4, 0.5) is 0 Å². The SMILES string of the molecule is C=C(CCC(O)(OCC)OCC)C(=O)O. The number of carboxylic acids is 1. The summed E-state index contributed by atoms with van der Waals surface area (Å²) in [7, 11) is 0. The van der Waals surface area contributed by atoms with E-state index in [1.807, 2.05) is 0 Å². The minimum absolute atomic E-state index is 0.0211. The summed E-state index contributed by atoms with van der Waals surface area (Å²) >= 11 is 0. The lowest BCUT2D eigenvalue weighted by Crippen LogP contribution is -2.36. The van der Waals surface area contributed by atoms with Gasteiger partial charge in [-0.3, -0.25) is 0 Å². The van der Waals surface area contributed by atoms with Crippen LogP contribution in [0.15, 0.2) is 12.2 Å². The van der Waals surface area contributed by atoms with E-state index in [4.69, 9.17) is 14.6 Å². The summed E-state index contributed by atoms with van der Waals surface area (Å²) in [6.45, 7) is 7.37. The molecule has 0 rings (SSSR count). The zero-order valence-corrected chi connectivity index (χ0v) is 9.15. The van der Waals surface area contributed by atoms with Gasteiger partial charge in [0.1, 0.15) is 0 Å². The van der Waals surface area contributed by atoms with Crippen molar-refractivity contribution in [1.82, 2.24) is 0 Å². The Hall–Kier alpha value is -0.910. The van der Waals surface area contributed by atoms with Crippen LogP contribution in [0.25, 0.3) is 0 Å². The Morgan fingerprint density at radius 3 is 2.13 bits per heavy atom. The third-order valence-electron chi connectivity index (χ3n) is 1.78. The molecule has 0 heterocycles. The Labute approximate surface area is 89.3 Å². The van der Waals surface area contributed by atoms with Crippen molar-refractivity contribution in [2.45, 2.75) is 32.7 Å². The van der Waals surface area contributed by atoms with Crippen LogP contribution >= 0.6 is 0 Å². The molecule has 5 heteroatoms. The summed E-state index contributed by atoms with van der Waals surface area (Å²) in [6.07, 6.45) is 0.172. The van der Waals surface area contributed by atoms with E-state index < -0.39 is 11.9 Å². The van der Waals surface area contributed by atoms with E-state index in [1.54, 1.807) is 13.8 Å². The molecule has 0 aliphatic rings. The van der Waals surface area contributed by atoms with Crippen LogP contribution in [-0.4, -0.2) is 35.4 Å². The van der Waals surface area contributed by atoms with Crippen molar-refractivity contribution >= 4 is 5.97 Å². The van der Waals surface area contributed by atoms with Crippen molar-refractivity contribution in [2.24, 2.45) is 0 Å². The second-order valence-electron chi connectivity index (χ2n) is 2.99. The first-order chi connectivity index (χ1) is 6.95. The van der Waals surface area contributed by atoms with Crippen molar-refractivity contribution in [3.63, 3.8) is 0 Å². The highest BCUT2D eigenvalue weighted by molar-refractivity contribution is 5.85. The van der Waals surface area contributed by atoms with E-state index in [0.717, 1.165) is 0 Å². The maximum Gasteiger partial charge on any atom is 0.330 e. The summed E-state index contributed by atoms with van der Waals surface area (Å²) in [4.78, 5) is 10.5. The predicted molar refractivity (Wildman–Crippen MR) is 54.2 cm³/mol. The average molecular weight is 218 g/mol. The standard InChI is InChI=1S/C10H18O5/c1-4-14-10(13,15-5-2)7-6-8(3)9(11)12/h13H,3-7H2,1-2H3,(H,11,12). The highest BCUT2D eigenvalue weighted by Crippen LogP contribution is 2.19. The van der Waals surface area contributed by atoms with Gasteiger partial charge in [0.15, 0.2) is 0 Å². The Morgan fingerprint density at radius 2 is 1.80 bits per heavy atom. The number of hydrogen-bond donors (Lipinski definition) is 2. The fraction of sp³-hybridized carbons (Fsp3) is 0.700. The molecule has 0 saturated heterocycles. The summed E-state index contributed by atoms with van der Waals surface area (Å²) < 4.78 is 10.00. The lowest BCUT2D eigenvalue weighted by molar-refractivity contribution is -0.359. The molecule has 0 bridgehead atoms. The molecule has 0 unspecified atom stereocenters. The van der Waals surface area contributed by atoms with Gasteiger partial charge in [0.2, 0.25) is 0 Å². The van der Waals surface area contributed by atoms with E-state index >= 15 is 0 Å². The van der Waals surface area contributed by atoms with Crippen LogP contribution in [0.5, 0.6) is 0 Å². The average Bonchev–Trinajstić information content (AvgIpc) is 2.15. The van der Waals surface area contributed by atoms with Gasteiger partial charge in [0.05, 0.1) is 0 Å². The second-order valence-corrected chi connectivity index (χ2v) is 2.99. The third-order valence-corrected chi connectivity index (χ3v) is 1.78. The van der Waals surface area contributed by atoms with Gasteiger partial charge in [0, 0.05) is 25.2 Å². The quantitative estimate of drug-likeness (QED) is 0.471. The first-order valence-electron chi connectivity index (χ1n) is 4.86. The summed E-state index contributed by atoms with van der Waals surface area (Å²) in [5, 5.41) is 18.3. The van der Waals surface area contributed by atoms with Crippen LogP contribution in [0.2, 0.25) is 0 Å². The van der Waals surface area contributed by atoms with Crippen LogP contribution in [-0.2, 0) is 14.3 Å². The molecule has 0 aromatic carbocycles. The highest BCUT2D eigenvalue weighted by atomic mass is 16.8. The molecule has 0 aliphatic heterocycles. The second kappa shape index (κ2) is 6.55. The van der Waals surface area contributed by atoms with Gasteiger partial charge in [-0.2, -0.15) is 0 Å². The van der Waals surface area contributed by atoms with Gasteiger partial charge in [-0.25, -0.2) is 4.79 Å². The van der Waals surface area contributed by atoms with Gasteiger partial charge in [-0.15, -0.1) is 0 Å². The van der Waals surface area contributed by atoms with E-state index in [1.165, 1.54) is 0 Å². The molecule has 0 spiro atoms. The first kappa shape index (κ1) is 14.1. The maximum atomic E-state index is 10.5. The van der Waals surface area contributed by atoms with Gasteiger partial charge in [-0.1, -0.05) is 6.58 Å².